The van der Waals surface area contributed by atoms with Crippen molar-refractivity contribution in [2.75, 3.05) is 27.7 Å². The van der Waals surface area contributed by atoms with Crippen LogP contribution < -0.4 is 9.47 Å². The zero-order chi connectivity index (χ0) is 26.8. The number of carbonyl (C=O) groups is 2. The van der Waals surface area contributed by atoms with E-state index in [1.165, 1.54) is 0 Å². The zero-order valence-corrected chi connectivity index (χ0v) is 23.2. The van der Waals surface area contributed by atoms with E-state index < -0.39 is 5.41 Å². The van der Waals surface area contributed by atoms with E-state index in [1.54, 1.807) is 11.7 Å². The number of hydrogen-bond donors (Lipinski definition) is 0. The monoisotopic (exact) mass is 492 g/mol. The molecule has 0 radical (unpaired) electrons. The van der Waals surface area contributed by atoms with Gasteiger partial charge in [-0.25, -0.2) is 0 Å². The molecule has 0 atom stereocenters. The maximum absolute atomic E-state index is 13.8. The first-order valence-electron chi connectivity index (χ1n) is 12.5. The van der Waals surface area contributed by atoms with Gasteiger partial charge in [0.25, 0.3) is 0 Å². The van der Waals surface area contributed by atoms with Crippen LogP contribution in [0.2, 0.25) is 0 Å². The predicted octanol–water partition coefficient (Wildman–Crippen LogP) is 5.94. The molecule has 0 aliphatic rings. The average molecular weight is 493 g/mol. The van der Waals surface area contributed by atoms with E-state index in [2.05, 4.69) is 11.0 Å². The van der Waals surface area contributed by atoms with Crippen LogP contribution in [0.15, 0.2) is 36.5 Å². The van der Waals surface area contributed by atoms with E-state index in [-0.39, 0.29) is 24.2 Å². The largest absolute Gasteiger partial charge is 0.497 e. The maximum atomic E-state index is 13.8. The molecule has 1 heterocycles. The summed E-state index contributed by atoms with van der Waals surface area (Å²) in [4.78, 5) is 28.4. The number of nitrogens with zero attached hydrogens (tertiary/aromatic N) is 2. The standard InChI is InChI=1S/C30H40N2O4/c1-19(2)29(34)36-26-15-20(3)14-21(4)28(26)30(5,6)17-27(33)32-18-22(12-13-31(7)8)24-11-10-23(35-9)16-25(24)32/h10-11,14-16,18-19H,12-13,17H2,1-9H3. The molecule has 6 heteroatoms. The summed E-state index contributed by atoms with van der Waals surface area (Å²) in [6.07, 6.45) is 3.05. The second-order valence-corrected chi connectivity index (χ2v) is 10.9. The first-order valence-corrected chi connectivity index (χ1v) is 12.5. The molecule has 3 aromatic rings. The molecule has 1 aromatic heterocycles. The van der Waals surface area contributed by atoms with Crippen LogP contribution in [0.5, 0.6) is 11.5 Å². The molecule has 0 spiro atoms. The van der Waals surface area contributed by atoms with Gasteiger partial charge in [0.05, 0.1) is 18.5 Å². The molecule has 0 aliphatic carbocycles. The van der Waals surface area contributed by atoms with Gasteiger partial charge < -0.3 is 14.4 Å². The Kier molecular flexibility index (Phi) is 8.29. The summed E-state index contributed by atoms with van der Waals surface area (Å²) in [7, 11) is 5.72. The Morgan fingerprint density at radius 3 is 2.39 bits per heavy atom. The Hall–Kier alpha value is -3.12. The van der Waals surface area contributed by atoms with Crippen molar-refractivity contribution in [3.05, 3.63) is 58.8 Å². The van der Waals surface area contributed by atoms with Gasteiger partial charge >= 0.3 is 5.97 Å². The molecule has 0 saturated carbocycles. The van der Waals surface area contributed by atoms with Gasteiger partial charge in [-0.05, 0) is 69.3 Å². The Morgan fingerprint density at radius 2 is 1.78 bits per heavy atom. The van der Waals surface area contributed by atoms with Gasteiger partial charge in [-0.1, -0.05) is 33.8 Å². The smallest absolute Gasteiger partial charge is 0.313 e. The molecule has 0 unspecified atom stereocenters. The number of fused-ring (bicyclic) bond motifs is 1. The number of aryl methyl sites for hydroxylation is 2. The number of carbonyl (C=O) groups excluding carboxylic acids is 2. The number of hydrogen-bond acceptors (Lipinski definition) is 5. The first kappa shape index (κ1) is 27.5. The number of rotatable bonds is 9. The topological polar surface area (TPSA) is 60.8 Å². The number of esters is 1. The summed E-state index contributed by atoms with van der Waals surface area (Å²) in [5.74, 6) is 0.707. The van der Waals surface area contributed by atoms with E-state index in [0.717, 1.165) is 46.1 Å². The normalized spacial score (nSPS) is 12.0. The Balaban J connectivity index is 2.03. The van der Waals surface area contributed by atoms with E-state index in [1.807, 2.05) is 86.1 Å². The average Bonchev–Trinajstić information content (AvgIpc) is 3.14. The Morgan fingerprint density at radius 1 is 1.08 bits per heavy atom. The zero-order valence-electron chi connectivity index (χ0n) is 23.2. The fraction of sp³-hybridized carbons (Fsp3) is 0.467. The lowest BCUT2D eigenvalue weighted by Crippen LogP contribution is -2.27. The molecule has 0 amide bonds. The lowest BCUT2D eigenvalue weighted by atomic mass is 9.78. The Bertz CT molecular complexity index is 1270. The summed E-state index contributed by atoms with van der Waals surface area (Å²) in [5, 5.41) is 1.06. The molecule has 0 fully saturated rings. The van der Waals surface area contributed by atoms with Crippen LogP contribution in [0.4, 0.5) is 0 Å². The molecule has 0 N–H and O–H groups in total. The van der Waals surface area contributed by atoms with Crippen LogP contribution >= 0.6 is 0 Å². The third-order valence-electron chi connectivity index (χ3n) is 6.59. The summed E-state index contributed by atoms with van der Waals surface area (Å²) < 4.78 is 13.0. The summed E-state index contributed by atoms with van der Waals surface area (Å²) in [5.41, 5.74) is 4.31. The Labute approximate surface area is 215 Å². The fourth-order valence-corrected chi connectivity index (χ4v) is 4.81. The molecule has 6 nitrogen and oxygen atoms in total. The number of likely N-dealkylation sites (N-methyl/N-ethyl adjacent to an activating group) is 1. The summed E-state index contributed by atoms with van der Waals surface area (Å²) in [6, 6.07) is 9.85. The van der Waals surface area contributed by atoms with Crippen LogP contribution in [0.25, 0.3) is 10.9 Å². The van der Waals surface area contributed by atoms with Crippen molar-refractivity contribution >= 4 is 22.8 Å². The third-order valence-corrected chi connectivity index (χ3v) is 6.59. The number of methoxy groups -OCH3 is 1. The van der Waals surface area contributed by atoms with Crippen LogP contribution in [0.1, 0.15) is 61.2 Å². The lowest BCUT2D eigenvalue weighted by Gasteiger charge is -2.29. The van der Waals surface area contributed by atoms with Crippen molar-refractivity contribution in [1.82, 2.24) is 9.47 Å². The molecule has 3 rings (SSSR count). The highest BCUT2D eigenvalue weighted by molar-refractivity contribution is 5.95. The molecular formula is C30H40N2O4. The second kappa shape index (κ2) is 10.9. The van der Waals surface area contributed by atoms with Crippen molar-refractivity contribution in [3.63, 3.8) is 0 Å². The minimum atomic E-state index is -0.569. The third kappa shape index (κ3) is 5.98. The molecule has 36 heavy (non-hydrogen) atoms. The van der Waals surface area contributed by atoms with Gasteiger partial charge in [0.15, 0.2) is 0 Å². The molecule has 0 bridgehead atoms. The van der Waals surface area contributed by atoms with Crippen molar-refractivity contribution in [2.45, 2.75) is 59.8 Å². The molecule has 0 aliphatic heterocycles. The van der Waals surface area contributed by atoms with Crippen LogP contribution in [0, 0.1) is 19.8 Å². The van der Waals surface area contributed by atoms with Gasteiger partial charge in [-0.2, -0.15) is 0 Å². The van der Waals surface area contributed by atoms with Gasteiger partial charge in [-0.3, -0.25) is 14.2 Å². The van der Waals surface area contributed by atoms with E-state index in [9.17, 15) is 9.59 Å². The summed E-state index contributed by atoms with van der Waals surface area (Å²) in [6.45, 7) is 12.6. The fourth-order valence-electron chi connectivity index (χ4n) is 4.81. The molecule has 2 aromatic carbocycles. The minimum absolute atomic E-state index is 0.0181. The highest BCUT2D eigenvalue weighted by atomic mass is 16.5. The van der Waals surface area contributed by atoms with Gasteiger partial charge in [0, 0.05) is 41.6 Å². The van der Waals surface area contributed by atoms with E-state index in [4.69, 9.17) is 9.47 Å². The van der Waals surface area contributed by atoms with Crippen molar-refractivity contribution in [1.29, 1.82) is 0 Å². The van der Waals surface area contributed by atoms with E-state index >= 15 is 0 Å². The van der Waals surface area contributed by atoms with Gasteiger partial charge in [-0.15, -0.1) is 0 Å². The van der Waals surface area contributed by atoms with Crippen molar-refractivity contribution in [2.24, 2.45) is 5.92 Å². The number of aromatic nitrogens is 1. The highest BCUT2D eigenvalue weighted by Gasteiger charge is 2.32. The van der Waals surface area contributed by atoms with Gasteiger partial charge in [0.2, 0.25) is 5.91 Å². The van der Waals surface area contributed by atoms with Crippen LogP contribution in [-0.4, -0.2) is 49.1 Å². The van der Waals surface area contributed by atoms with Crippen LogP contribution in [0.3, 0.4) is 0 Å². The minimum Gasteiger partial charge on any atom is -0.497 e. The maximum Gasteiger partial charge on any atom is 0.313 e. The molecule has 194 valence electrons. The quantitative estimate of drug-likeness (QED) is 0.273. The number of ether oxygens (including phenoxy) is 2. The summed E-state index contributed by atoms with van der Waals surface area (Å²) >= 11 is 0. The first-order chi connectivity index (χ1) is 16.8. The molecule has 0 saturated heterocycles. The van der Waals surface area contributed by atoms with Crippen LogP contribution in [-0.2, 0) is 16.6 Å². The highest BCUT2D eigenvalue weighted by Crippen LogP contribution is 2.39. The predicted molar refractivity (Wildman–Crippen MR) is 145 cm³/mol. The number of benzene rings is 2. The van der Waals surface area contributed by atoms with Crippen molar-refractivity contribution < 1.29 is 19.1 Å². The van der Waals surface area contributed by atoms with Crippen molar-refractivity contribution in [3.8, 4) is 11.5 Å². The lowest BCUT2D eigenvalue weighted by molar-refractivity contribution is -0.137. The molecular weight excluding hydrogens is 452 g/mol. The SMILES string of the molecule is COc1ccc2c(CCN(C)C)cn(C(=O)CC(C)(C)c3c(C)cc(C)cc3OC(=O)C(C)C)c2c1. The van der Waals surface area contributed by atoms with E-state index in [0.29, 0.717) is 11.5 Å². The van der Waals surface area contributed by atoms with Gasteiger partial charge in [0.1, 0.15) is 11.5 Å². The second-order valence-electron chi connectivity index (χ2n) is 10.9.